The lowest BCUT2D eigenvalue weighted by Crippen LogP contribution is -2.21. The first-order valence-electron chi connectivity index (χ1n) is 9.62. The molecule has 2 aromatic heterocycles. The monoisotopic (exact) mass is 391 g/mol. The summed E-state index contributed by atoms with van der Waals surface area (Å²) in [6.07, 6.45) is 2.38. The zero-order chi connectivity index (χ0) is 18.9. The van der Waals surface area contributed by atoms with Crippen LogP contribution in [0, 0.1) is 0 Å². The molecule has 1 saturated heterocycles. The van der Waals surface area contributed by atoms with E-state index < -0.39 is 0 Å². The number of anilines is 3. The van der Waals surface area contributed by atoms with Gasteiger partial charge in [-0.1, -0.05) is 23.5 Å². The second kappa shape index (κ2) is 7.24. The van der Waals surface area contributed by atoms with Crippen LogP contribution in [0.2, 0.25) is 0 Å². The van der Waals surface area contributed by atoms with E-state index in [0.29, 0.717) is 6.61 Å². The van der Waals surface area contributed by atoms with Gasteiger partial charge in [-0.2, -0.15) is 0 Å². The minimum absolute atomic E-state index is 0.654. The Balaban J connectivity index is 1.54. The van der Waals surface area contributed by atoms with Crippen LogP contribution in [-0.2, 0) is 0 Å². The van der Waals surface area contributed by atoms with Crippen LogP contribution in [0.3, 0.4) is 0 Å². The summed E-state index contributed by atoms with van der Waals surface area (Å²) < 4.78 is 6.69. The molecule has 0 spiro atoms. The van der Waals surface area contributed by atoms with Gasteiger partial charge in [0.15, 0.2) is 16.8 Å². The van der Waals surface area contributed by atoms with Gasteiger partial charge in [0.25, 0.3) is 0 Å². The molecule has 0 radical (unpaired) electrons. The first-order valence-corrected chi connectivity index (χ1v) is 10.4. The summed E-state index contributed by atoms with van der Waals surface area (Å²) in [5.41, 5.74) is 2.75. The number of thiazole rings is 1. The molecular weight excluding hydrogens is 370 g/mol. The smallest absolute Gasteiger partial charge is 0.189 e. The Kier molecular flexibility index (Phi) is 4.44. The van der Waals surface area contributed by atoms with Crippen molar-refractivity contribution in [1.29, 1.82) is 0 Å². The van der Waals surface area contributed by atoms with Gasteiger partial charge in [0.1, 0.15) is 5.75 Å². The van der Waals surface area contributed by atoms with Crippen molar-refractivity contribution < 1.29 is 4.74 Å². The van der Waals surface area contributed by atoms with Crippen LogP contribution in [0.15, 0.2) is 42.5 Å². The van der Waals surface area contributed by atoms with Gasteiger partial charge < -0.3 is 15.0 Å². The van der Waals surface area contributed by atoms with Gasteiger partial charge in [0.2, 0.25) is 0 Å². The maximum Gasteiger partial charge on any atom is 0.189 e. The van der Waals surface area contributed by atoms with Crippen LogP contribution in [-0.4, -0.2) is 34.6 Å². The SMILES string of the molecule is CCOc1ccc2nc(Nc3nc4ccccc4nc3N3CCCC3)sc2c1. The molecular formula is C21H21N5OS. The number of fused-ring (bicyclic) bond motifs is 2. The van der Waals surface area contributed by atoms with Gasteiger partial charge in [-0.05, 0) is 50.1 Å². The van der Waals surface area contributed by atoms with E-state index in [2.05, 4.69) is 10.2 Å². The fraction of sp³-hybridized carbons (Fsp3) is 0.286. The summed E-state index contributed by atoms with van der Waals surface area (Å²) in [7, 11) is 0. The van der Waals surface area contributed by atoms with Gasteiger partial charge in [0, 0.05) is 13.1 Å². The van der Waals surface area contributed by atoms with Crippen LogP contribution in [0.4, 0.5) is 16.8 Å². The quantitative estimate of drug-likeness (QED) is 0.517. The average Bonchev–Trinajstić information content (AvgIpc) is 3.37. The number of aromatic nitrogens is 3. The molecule has 0 bridgehead atoms. The third-order valence-electron chi connectivity index (χ3n) is 4.85. The lowest BCUT2D eigenvalue weighted by molar-refractivity contribution is 0.341. The summed E-state index contributed by atoms with van der Waals surface area (Å²) in [6.45, 7) is 4.67. The van der Waals surface area contributed by atoms with Crippen molar-refractivity contribution in [2.24, 2.45) is 0 Å². The molecule has 0 saturated carbocycles. The first-order chi connectivity index (χ1) is 13.8. The molecule has 4 aromatic rings. The molecule has 1 fully saturated rings. The van der Waals surface area contributed by atoms with Gasteiger partial charge in [0.05, 0.1) is 27.9 Å². The highest BCUT2D eigenvalue weighted by atomic mass is 32.1. The Morgan fingerprint density at radius 3 is 2.57 bits per heavy atom. The Hall–Kier alpha value is -2.93. The predicted octanol–water partition coefficient (Wildman–Crippen LogP) is 4.98. The third-order valence-corrected chi connectivity index (χ3v) is 5.79. The summed E-state index contributed by atoms with van der Waals surface area (Å²) in [4.78, 5) is 16.8. The van der Waals surface area contributed by atoms with Crippen LogP contribution in [0.25, 0.3) is 21.3 Å². The molecule has 1 aliphatic rings. The van der Waals surface area contributed by atoms with E-state index in [1.807, 2.05) is 49.4 Å². The van der Waals surface area contributed by atoms with E-state index in [4.69, 9.17) is 19.7 Å². The minimum Gasteiger partial charge on any atom is -0.494 e. The molecule has 7 heteroatoms. The molecule has 0 atom stereocenters. The lowest BCUT2D eigenvalue weighted by atomic mass is 10.3. The van der Waals surface area contributed by atoms with E-state index in [9.17, 15) is 0 Å². The van der Waals surface area contributed by atoms with E-state index >= 15 is 0 Å². The molecule has 0 unspecified atom stereocenters. The topological polar surface area (TPSA) is 63.2 Å². The van der Waals surface area contributed by atoms with Crippen molar-refractivity contribution >= 4 is 49.4 Å². The van der Waals surface area contributed by atoms with Gasteiger partial charge in [-0.15, -0.1) is 0 Å². The predicted molar refractivity (Wildman–Crippen MR) is 115 cm³/mol. The van der Waals surface area contributed by atoms with Crippen LogP contribution in [0.1, 0.15) is 19.8 Å². The number of nitrogens with one attached hydrogen (secondary N) is 1. The summed E-state index contributed by atoms with van der Waals surface area (Å²) >= 11 is 1.60. The highest BCUT2D eigenvalue weighted by Crippen LogP contribution is 2.34. The molecule has 5 rings (SSSR count). The van der Waals surface area contributed by atoms with Crippen molar-refractivity contribution in [2.45, 2.75) is 19.8 Å². The molecule has 6 nitrogen and oxygen atoms in total. The van der Waals surface area contributed by atoms with Crippen molar-refractivity contribution in [3.05, 3.63) is 42.5 Å². The first kappa shape index (κ1) is 17.2. The van der Waals surface area contributed by atoms with Crippen molar-refractivity contribution in [3.63, 3.8) is 0 Å². The maximum atomic E-state index is 5.61. The van der Waals surface area contributed by atoms with E-state index in [1.54, 1.807) is 11.3 Å². The number of ether oxygens (including phenoxy) is 1. The Morgan fingerprint density at radius 1 is 1.00 bits per heavy atom. The van der Waals surface area contributed by atoms with Gasteiger partial charge in [-0.25, -0.2) is 15.0 Å². The standard InChI is InChI=1S/C21H21N5OS/c1-2-27-14-9-10-17-18(13-14)28-21(24-17)25-19-20(26-11-5-6-12-26)23-16-8-4-3-7-15(16)22-19/h3-4,7-10,13H,2,5-6,11-12H2,1H3,(H,22,24,25). The fourth-order valence-corrected chi connectivity index (χ4v) is 4.43. The van der Waals surface area contributed by atoms with E-state index in [1.165, 1.54) is 12.8 Å². The number of para-hydroxylation sites is 2. The van der Waals surface area contributed by atoms with Crippen molar-refractivity contribution in [2.75, 3.05) is 29.9 Å². The second-order valence-corrected chi connectivity index (χ2v) is 7.82. The third kappa shape index (κ3) is 3.22. The Labute approximate surface area is 167 Å². The average molecular weight is 392 g/mol. The van der Waals surface area contributed by atoms with E-state index in [0.717, 1.165) is 56.9 Å². The number of hydrogen-bond acceptors (Lipinski definition) is 7. The largest absolute Gasteiger partial charge is 0.494 e. The molecule has 1 N–H and O–H groups in total. The molecule has 1 aliphatic heterocycles. The van der Waals surface area contributed by atoms with Gasteiger partial charge in [-0.3, -0.25) is 0 Å². The van der Waals surface area contributed by atoms with E-state index in [-0.39, 0.29) is 0 Å². The molecule has 0 aliphatic carbocycles. The highest BCUT2D eigenvalue weighted by molar-refractivity contribution is 7.22. The summed E-state index contributed by atoms with van der Waals surface area (Å²) in [5, 5.41) is 4.25. The zero-order valence-corrected chi connectivity index (χ0v) is 16.5. The van der Waals surface area contributed by atoms with Crippen LogP contribution >= 0.6 is 11.3 Å². The Bertz CT molecular complexity index is 1140. The molecule has 2 aromatic carbocycles. The normalized spacial score (nSPS) is 14.1. The number of hydrogen-bond donors (Lipinski definition) is 1. The second-order valence-electron chi connectivity index (χ2n) is 6.79. The molecule has 3 heterocycles. The summed E-state index contributed by atoms with van der Waals surface area (Å²) in [5.74, 6) is 2.55. The maximum absolute atomic E-state index is 5.61. The lowest BCUT2D eigenvalue weighted by Gasteiger charge is -2.19. The van der Waals surface area contributed by atoms with Crippen LogP contribution < -0.4 is 15.0 Å². The number of benzene rings is 2. The molecule has 28 heavy (non-hydrogen) atoms. The number of rotatable bonds is 5. The minimum atomic E-state index is 0.654. The van der Waals surface area contributed by atoms with Crippen molar-refractivity contribution in [3.8, 4) is 5.75 Å². The molecule has 0 amide bonds. The zero-order valence-electron chi connectivity index (χ0n) is 15.7. The van der Waals surface area contributed by atoms with Gasteiger partial charge >= 0.3 is 0 Å². The molecule has 142 valence electrons. The Morgan fingerprint density at radius 2 is 1.79 bits per heavy atom. The highest BCUT2D eigenvalue weighted by Gasteiger charge is 2.20. The summed E-state index contributed by atoms with van der Waals surface area (Å²) in [6, 6.07) is 14.0. The number of nitrogens with zero attached hydrogens (tertiary/aromatic N) is 4. The van der Waals surface area contributed by atoms with Crippen LogP contribution in [0.5, 0.6) is 5.75 Å². The van der Waals surface area contributed by atoms with Crippen molar-refractivity contribution in [1.82, 2.24) is 15.0 Å². The fourth-order valence-electron chi connectivity index (χ4n) is 3.54.